The predicted octanol–water partition coefficient (Wildman–Crippen LogP) is 4.15. The number of nitrogens with one attached hydrogen (secondary N) is 1. The molecule has 0 spiro atoms. The first-order chi connectivity index (χ1) is 13.0. The number of carbonyl (C=O) groups is 1. The molecule has 0 saturated heterocycles. The molecule has 0 saturated carbocycles. The smallest absolute Gasteiger partial charge is 0.291 e. The molecular formula is C21H21NO5. The first-order valence-electron chi connectivity index (χ1n) is 8.40. The van der Waals surface area contributed by atoms with Gasteiger partial charge in [-0.1, -0.05) is 0 Å². The van der Waals surface area contributed by atoms with Gasteiger partial charge < -0.3 is 24.3 Å². The SMILES string of the molecule is COc1ccc(OC)c(Cc2ccc(C(=O)Nc3ccc(O)cc3C)o2)c1. The molecule has 2 aromatic carbocycles. The van der Waals surface area contributed by atoms with E-state index in [0.29, 0.717) is 17.9 Å². The molecule has 0 unspecified atom stereocenters. The third-order valence-corrected chi connectivity index (χ3v) is 4.20. The maximum absolute atomic E-state index is 12.4. The summed E-state index contributed by atoms with van der Waals surface area (Å²) in [6.07, 6.45) is 0.464. The number of aryl methyl sites for hydroxylation is 1. The summed E-state index contributed by atoms with van der Waals surface area (Å²) in [7, 11) is 3.21. The Bertz CT molecular complexity index is 961. The van der Waals surface area contributed by atoms with Gasteiger partial charge in [-0.15, -0.1) is 0 Å². The van der Waals surface area contributed by atoms with Crippen molar-refractivity contribution in [3.63, 3.8) is 0 Å². The highest BCUT2D eigenvalue weighted by Crippen LogP contribution is 2.27. The highest BCUT2D eigenvalue weighted by Gasteiger charge is 2.14. The number of carbonyl (C=O) groups excluding carboxylic acids is 1. The van der Waals surface area contributed by atoms with E-state index in [0.717, 1.165) is 22.6 Å². The van der Waals surface area contributed by atoms with Crippen LogP contribution in [-0.4, -0.2) is 25.2 Å². The Balaban J connectivity index is 1.76. The van der Waals surface area contributed by atoms with E-state index in [2.05, 4.69) is 5.32 Å². The van der Waals surface area contributed by atoms with Crippen LogP contribution in [0, 0.1) is 6.92 Å². The maximum atomic E-state index is 12.4. The molecule has 6 nitrogen and oxygen atoms in total. The highest BCUT2D eigenvalue weighted by atomic mass is 16.5. The Morgan fingerprint density at radius 2 is 1.89 bits per heavy atom. The number of aromatic hydroxyl groups is 1. The minimum atomic E-state index is -0.354. The van der Waals surface area contributed by atoms with Crippen LogP contribution in [-0.2, 0) is 6.42 Å². The van der Waals surface area contributed by atoms with Crippen molar-refractivity contribution in [2.45, 2.75) is 13.3 Å². The molecular weight excluding hydrogens is 346 g/mol. The summed E-state index contributed by atoms with van der Waals surface area (Å²) in [5.41, 5.74) is 2.27. The monoisotopic (exact) mass is 367 g/mol. The first-order valence-corrected chi connectivity index (χ1v) is 8.40. The number of methoxy groups -OCH3 is 2. The normalized spacial score (nSPS) is 10.5. The zero-order valence-corrected chi connectivity index (χ0v) is 15.4. The van der Waals surface area contributed by atoms with Crippen LogP contribution in [0.25, 0.3) is 0 Å². The van der Waals surface area contributed by atoms with Crippen molar-refractivity contribution >= 4 is 11.6 Å². The summed E-state index contributed by atoms with van der Waals surface area (Å²) >= 11 is 0. The van der Waals surface area contributed by atoms with Crippen LogP contribution in [0.1, 0.15) is 27.4 Å². The fourth-order valence-electron chi connectivity index (χ4n) is 2.77. The zero-order chi connectivity index (χ0) is 19.4. The van der Waals surface area contributed by atoms with Crippen LogP contribution in [0.15, 0.2) is 52.9 Å². The van der Waals surface area contributed by atoms with Crippen molar-refractivity contribution in [2.75, 3.05) is 19.5 Å². The molecule has 1 amide bonds. The minimum absolute atomic E-state index is 0.151. The standard InChI is InChI=1S/C21H21NO5/c1-13-10-15(23)4-7-18(13)22-21(24)20-9-6-17(27-20)12-14-11-16(25-2)5-8-19(14)26-3/h4-11,23H,12H2,1-3H3,(H,22,24). The summed E-state index contributed by atoms with van der Waals surface area (Å²) in [5, 5.41) is 12.2. The van der Waals surface area contributed by atoms with Gasteiger partial charge in [0.25, 0.3) is 5.91 Å². The van der Waals surface area contributed by atoms with Crippen LogP contribution in [0.3, 0.4) is 0 Å². The molecule has 1 aromatic heterocycles. The fourth-order valence-corrected chi connectivity index (χ4v) is 2.77. The minimum Gasteiger partial charge on any atom is -0.508 e. The van der Waals surface area contributed by atoms with Crippen LogP contribution in [0.2, 0.25) is 0 Å². The molecule has 0 bridgehead atoms. The lowest BCUT2D eigenvalue weighted by Crippen LogP contribution is -2.11. The van der Waals surface area contributed by atoms with Crippen molar-refractivity contribution < 1.29 is 23.8 Å². The topological polar surface area (TPSA) is 80.9 Å². The van der Waals surface area contributed by atoms with Gasteiger partial charge in [-0.2, -0.15) is 0 Å². The van der Waals surface area contributed by atoms with Gasteiger partial charge >= 0.3 is 0 Å². The number of rotatable bonds is 6. The lowest BCUT2D eigenvalue weighted by Gasteiger charge is -2.09. The van der Waals surface area contributed by atoms with Crippen LogP contribution < -0.4 is 14.8 Å². The number of amides is 1. The molecule has 0 atom stereocenters. The second-order valence-electron chi connectivity index (χ2n) is 6.07. The van der Waals surface area contributed by atoms with Crippen LogP contribution in [0.5, 0.6) is 17.2 Å². The average molecular weight is 367 g/mol. The second kappa shape index (κ2) is 7.86. The third-order valence-electron chi connectivity index (χ3n) is 4.20. The maximum Gasteiger partial charge on any atom is 0.291 e. The first kappa shape index (κ1) is 18.4. The van der Waals surface area contributed by atoms with E-state index >= 15 is 0 Å². The number of benzene rings is 2. The quantitative estimate of drug-likeness (QED) is 0.640. The largest absolute Gasteiger partial charge is 0.508 e. The van der Waals surface area contributed by atoms with E-state index in [-0.39, 0.29) is 17.4 Å². The number of hydrogen-bond donors (Lipinski definition) is 2. The molecule has 0 aliphatic rings. The summed E-state index contributed by atoms with van der Waals surface area (Å²) < 4.78 is 16.3. The summed E-state index contributed by atoms with van der Waals surface area (Å²) in [6.45, 7) is 1.80. The summed E-state index contributed by atoms with van der Waals surface area (Å²) in [4.78, 5) is 12.4. The second-order valence-corrected chi connectivity index (χ2v) is 6.07. The van der Waals surface area contributed by atoms with Crippen LogP contribution >= 0.6 is 0 Å². The number of phenols is 1. The van der Waals surface area contributed by atoms with E-state index in [4.69, 9.17) is 13.9 Å². The van der Waals surface area contributed by atoms with E-state index in [9.17, 15) is 9.90 Å². The zero-order valence-electron chi connectivity index (χ0n) is 15.4. The van der Waals surface area contributed by atoms with Gasteiger partial charge in [-0.3, -0.25) is 4.79 Å². The van der Waals surface area contributed by atoms with Crippen molar-refractivity contribution in [3.05, 3.63) is 71.2 Å². The fraction of sp³-hybridized carbons (Fsp3) is 0.190. The molecule has 27 heavy (non-hydrogen) atoms. The van der Waals surface area contributed by atoms with E-state index in [1.165, 1.54) is 6.07 Å². The Kier molecular flexibility index (Phi) is 5.35. The molecule has 0 aliphatic heterocycles. The lowest BCUT2D eigenvalue weighted by atomic mass is 10.1. The van der Waals surface area contributed by atoms with Crippen molar-refractivity contribution in [1.29, 1.82) is 0 Å². The van der Waals surface area contributed by atoms with Gasteiger partial charge in [0.2, 0.25) is 0 Å². The summed E-state index contributed by atoms with van der Waals surface area (Å²) in [6, 6.07) is 13.7. The van der Waals surface area contributed by atoms with Crippen molar-refractivity contribution in [3.8, 4) is 17.2 Å². The number of phenolic OH excluding ortho intramolecular Hbond substituents is 1. The third kappa shape index (κ3) is 4.23. The molecule has 3 rings (SSSR count). The number of anilines is 1. The number of hydrogen-bond acceptors (Lipinski definition) is 5. The van der Waals surface area contributed by atoms with Gasteiger partial charge in [0.15, 0.2) is 5.76 Å². The van der Waals surface area contributed by atoms with Crippen molar-refractivity contribution in [2.24, 2.45) is 0 Å². The Labute approximate surface area is 157 Å². The molecule has 0 aliphatic carbocycles. The van der Waals surface area contributed by atoms with E-state index in [1.807, 2.05) is 18.2 Å². The molecule has 3 aromatic rings. The van der Waals surface area contributed by atoms with E-state index in [1.54, 1.807) is 45.4 Å². The van der Waals surface area contributed by atoms with Crippen LogP contribution in [0.4, 0.5) is 5.69 Å². The van der Waals surface area contributed by atoms with Gasteiger partial charge in [0.1, 0.15) is 23.0 Å². The van der Waals surface area contributed by atoms with Gasteiger partial charge in [0, 0.05) is 17.7 Å². The number of ether oxygens (including phenoxy) is 2. The number of furan rings is 1. The Hall–Kier alpha value is -3.41. The van der Waals surface area contributed by atoms with E-state index < -0.39 is 0 Å². The highest BCUT2D eigenvalue weighted by molar-refractivity contribution is 6.02. The Morgan fingerprint density at radius 3 is 2.59 bits per heavy atom. The Morgan fingerprint density at radius 1 is 1.07 bits per heavy atom. The summed E-state index contributed by atoms with van der Waals surface area (Å²) in [5.74, 6) is 2.08. The molecule has 0 fully saturated rings. The van der Waals surface area contributed by atoms with Gasteiger partial charge in [-0.25, -0.2) is 0 Å². The van der Waals surface area contributed by atoms with Gasteiger partial charge in [0.05, 0.1) is 14.2 Å². The molecule has 140 valence electrons. The molecule has 1 heterocycles. The average Bonchev–Trinajstić information content (AvgIpc) is 3.12. The molecule has 0 radical (unpaired) electrons. The molecule has 6 heteroatoms. The van der Waals surface area contributed by atoms with Gasteiger partial charge in [-0.05, 0) is 61.0 Å². The molecule has 2 N–H and O–H groups in total. The lowest BCUT2D eigenvalue weighted by molar-refractivity contribution is 0.0995. The predicted molar refractivity (Wildman–Crippen MR) is 102 cm³/mol. The van der Waals surface area contributed by atoms with Crippen molar-refractivity contribution in [1.82, 2.24) is 0 Å².